The van der Waals surface area contributed by atoms with E-state index in [0.717, 1.165) is 19.6 Å². The van der Waals surface area contributed by atoms with Crippen LogP contribution in [0, 0.1) is 6.92 Å². The molecule has 88 valence electrons. The number of rotatable bonds is 1. The molecule has 2 rings (SSSR count). The quantitative estimate of drug-likeness (QED) is 0.714. The van der Waals surface area contributed by atoms with Crippen LogP contribution >= 0.6 is 0 Å². The Balaban J connectivity index is 2.14. The summed E-state index contributed by atoms with van der Waals surface area (Å²) in [6.07, 6.45) is 0. The molecule has 1 saturated heterocycles. The molecule has 1 aliphatic heterocycles. The van der Waals surface area contributed by atoms with Gasteiger partial charge in [-0.2, -0.15) is 0 Å². The number of hydrogen-bond donors (Lipinski definition) is 0. The van der Waals surface area contributed by atoms with Crippen LogP contribution in [0.25, 0.3) is 0 Å². The van der Waals surface area contributed by atoms with Gasteiger partial charge in [0.05, 0.1) is 0 Å². The summed E-state index contributed by atoms with van der Waals surface area (Å²) in [7, 11) is 2.21. The van der Waals surface area contributed by atoms with E-state index in [1.807, 2.05) is 0 Å². The molecule has 16 heavy (non-hydrogen) atoms. The molecule has 1 aromatic carbocycles. The Hall–Kier alpha value is -1.02. The van der Waals surface area contributed by atoms with Crippen molar-refractivity contribution < 1.29 is 0 Å². The molecule has 0 radical (unpaired) electrons. The van der Waals surface area contributed by atoms with Crippen molar-refractivity contribution in [3.63, 3.8) is 0 Å². The number of piperazine rings is 1. The first-order valence-electron chi connectivity index (χ1n) is 6.02. The van der Waals surface area contributed by atoms with Crippen molar-refractivity contribution >= 4 is 5.69 Å². The van der Waals surface area contributed by atoms with Crippen LogP contribution in [-0.4, -0.2) is 37.1 Å². The lowest BCUT2D eigenvalue weighted by atomic mass is 9.99. The summed E-state index contributed by atoms with van der Waals surface area (Å²) in [4.78, 5) is 4.93. The fraction of sp³-hybridized carbons (Fsp3) is 0.571. The van der Waals surface area contributed by atoms with E-state index in [1.54, 1.807) is 0 Å². The van der Waals surface area contributed by atoms with E-state index in [-0.39, 0.29) is 5.54 Å². The molecule has 0 bridgehead atoms. The third-order valence-corrected chi connectivity index (χ3v) is 3.72. The largest absolute Gasteiger partial charge is 0.368 e. The Bertz CT molecular complexity index is 354. The standard InChI is InChI=1S/C14H22N2/c1-12-5-7-13(8-6-12)16-10-9-15(4)14(2,3)11-16/h5-8H,9-11H2,1-4H3. The molecule has 0 atom stereocenters. The van der Waals surface area contributed by atoms with Crippen molar-refractivity contribution in [2.75, 3.05) is 31.6 Å². The number of benzene rings is 1. The molecule has 0 unspecified atom stereocenters. The highest BCUT2D eigenvalue weighted by Gasteiger charge is 2.30. The molecule has 1 heterocycles. The first-order valence-corrected chi connectivity index (χ1v) is 6.02. The first kappa shape index (κ1) is 11.5. The zero-order chi connectivity index (χ0) is 11.8. The maximum atomic E-state index is 2.49. The highest BCUT2D eigenvalue weighted by molar-refractivity contribution is 5.48. The maximum absolute atomic E-state index is 2.49. The SMILES string of the molecule is Cc1ccc(N2CCN(C)C(C)(C)C2)cc1. The predicted octanol–water partition coefficient (Wildman–Crippen LogP) is 2.53. The van der Waals surface area contributed by atoms with Gasteiger partial charge in [0.1, 0.15) is 0 Å². The molecule has 0 spiro atoms. The zero-order valence-corrected chi connectivity index (χ0v) is 10.8. The van der Waals surface area contributed by atoms with Crippen LogP contribution in [0.15, 0.2) is 24.3 Å². The molecule has 2 heteroatoms. The van der Waals surface area contributed by atoms with E-state index in [1.165, 1.54) is 11.3 Å². The topological polar surface area (TPSA) is 6.48 Å². The molecular formula is C14H22N2. The lowest BCUT2D eigenvalue weighted by Crippen LogP contribution is -2.57. The van der Waals surface area contributed by atoms with Gasteiger partial charge in [-0.3, -0.25) is 4.90 Å². The molecule has 1 aliphatic rings. The van der Waals surface area contributed by atoms with Crippen LogP contribution in [0.3, 0.4) is 0 Å². The number of anilines is 1. The summed E-state index contributed by atoms with van der Waals surface area (Å²) in [6, 6.07) is 8.86. The molecule has 2 nitrogen and oxygen atoms in total. The van der Waals surface area contributed by atoms with Gasteiger partial charge < -0.3 is 4.90 Å². The van der Waals surface area contributed by atoms with Crippen molar-refractivity contribution in [3.05, 3.63) is 29.8 Å². The summed E-state index contributed by atoms with van der Waals surface area (Å²) >= 11 is 0. The van der Waals surface area contributed by atoms with E-state index in [4.69, 9.17) is 0 Å². The van der Waals surface area contributed by atoms with E-state index < -0.39 is 0 Å². The van der Waals surface area contributed by atoms with E-state index in [2.05, 4.69) is 61.9 Å². The van der Waals surface area contributed by atoms with Crippen molar-refractivity contribution in [2.24, 2.45) is 0 Å². The minimum Gasteiger partial charge on any atom is -0.368 e. The minimum absolute atomic E-state index is 0.267. The average Bonchev–Trinajstić information content (AvgIpc) is 2.23. The van der Waals surface area contributed by atoms with Gasteiger partial charge in [0.2, 0.25) is 0 Å². The molecule has 0 aromatic heterocycles. The number of nitrogens with zero attached hydrogens (tertiary/aromatic N) is 2. The van der Waals surface area contributed by atoms with Gasteiger partial charge in [-0.15, -0.1) is 0 Å². The summed E-state index contributed by atoms with van der Waals surface area (Å²) in [5.41, 5.74) is 2.95. The second-order valence-corrected chi connectivity index (χ2v) is 5.49. The Morgan fingerprint density at radius 3 is 2.25 bits per heavy atom. The molecule has 1 aromatic rings. The van der Waals surface area contributed by atoms with Crippen LogP contribution in [0.1, 0.15) is 19.4 Å². The second kappa shape index (κ2) is 4.10. The summed E-state index contributed by atoms with van der Waals surface area (Å²) < 4.78 is 0. The van der Waals surface area contributed by atoms with Gasteiger partial charge in [0.15, 0.2) is 0 Å². The third-order valence-electron chi connectivity index (χ3n) is 3.72. The number of aryl methyl sites for hydroxylation is 1. The fourth-order valence-corrected chi connectivity index (χ4v) is 2.22. The summed E-state index contributed by atoms with van der Waals surface area (Å²) in [5, 5.41) is 0. The summed E-state index contributed by atoms with van der Waals surface area (Å²) in [6.45, 7) is 10.1. The van der Waals surface area contributed by atoms with E-state index in [0.29, 0.717) is 0 Å². The molecule has 0 amide bonds. The molecule has 0 aliphatic carbocycles. The van der Waals surface area contributed by atoms with Crippen molar-refractivity contribution in [1.29, 1.82) is 0 Å². The van der Waals surface area contributed by atoms with E-state index >= 15 is 0 Å². The van der Waals surface area contributed by atoms with Crippen molar-refractivity contribution in [1.82, 2.24) is 4.90 Å². The number of likely N-dealkylation sites (N-methyl/N-ethyl adjacent to an activating group) is 1. The zero-order valence-electron chi connectivity index (χ0n) is 10.8. The van der Waals surface area contributed by atoms with Crippen LogP contribution in [0.5, 0.6) is 0 Å². The fourth-order valence-electron chi connectivity index (χ4n) is 2.22. The summed E-state index contributed by atoms with van der Waals surface area (Å²) in [5.74, 6) is 0. The lowest BCUT2D eigenvalue weighted by molar-refractivity contribution is 0.139. The Labute approximate surface area is 98.9 Å². The smallest absolute Gasteiger partial charge is 0.0367 e. The van der Waals surface area contributed by atoms with Crippen molar-refractivity contribution in [2.45, 2.75) is 26.3 Å². The van der Waals surface area contributed by atoms with Gasteiger partial charge in [0.25, 0.3) is 0 Å². The van der Waals surface area contributed by atoms with Crippen LogP contribution in [0.2, 0.25) is 0 Å². The maximum Gasteiger partial charge on any atom is 0.0367 e. The van der Waals surface area contributed by atoms with Crippen LogP contribution in [-0.2, 0) is 0 Å². The normalized spacial score (nSPS) is 21.1. The van der Waals surface area contributed by atoms with Gasteiger partial charge in [0, 0.05) is 30.9 Å². The van der Waals surface area contributed by atoms with Crippen LogP contribution < -0.4 is 4.90 Å². The minimum atomic E-state index is 0.267. The first-order chi connectivity index (χ1) is 7.49. The molecule has 0 saturated carbocycles. The highest BCUT2D eigenvalue weighted by Crippen LogP contribution is 2.24. The predicted molar refractivity (Wildman–Crippen MR) is 70.1 cm³/mol. The Morgan fingerprint density at radius 1 is 1.06 bits per heavy atom. The van der Waals surface area contributed by atoms with Gasteiger partial charge in [-0.05, 0) is 40.0 Å². The van der Waals surface area contributed by atoms with Gasteiger partial charge in [-0.25, -0.2) is 0 Å². The lowest BCUT2D eigenvalue weighted by Gasteiger charge is -2.46. The van der Waals surface area contributed by atoms with Crippen LogP contribution in [0.4, 0.5) is 5.69 Å². The number of hydrogen-bond acceptors (Lipinski definition) is 2. The van der Waals surface area contributed by atoms with Gasteiger partial charge >= 0.3 is 0 Å². The average molecular weight is 218 g/mol. The monoisotopic (exact) mass is 218 g/mol. The molecule has 0 N–H and O–H groups in total. The van der Waals surface area contributed by atoms with Crippen molar-refractivity contribution in [3.8, 4) is 0 Å². The van der Waals surface area contributed by atoms with Gasteiger partial charge in [-0.1, -0.05) is 17.7 Å². The molecule has 1 fully saturated rings. The highest BCUT2D eigenvalue weighted by atomic mass is 15.3. The second-order valence-electron chi connectivity index (χ2n) is 5.49. The Morgan fingerprint density at radius 2 is 1.69 bits per heavy atom. The van der Waals surface area contributed by atoms with E-state index in [9.17, 15) is 0 Å². The molecular weight excluding hydrogens is 196 g/mol. The third kappa shape index (κ3) is 2.22. The Kier molecular flexibility index (Phi) is 2.94.